The van der Waals surface area contributed by atoms with E-state index in [0.717, 1.165) is 35.7 Å². The largest absolute Gasteiger partial charge is 0.372 e. The molecule has 1 saturated heterocycles. The van der Waals surface area contributed by atoms with E-state index in [1.54, 1.807) is 12.4 Å². The van der Waals surface area contributed by atoms with Crippen LogP contribution >= 0.6 is 0 Å². The molecule has 1 N–H and O–H groups in total. The molecule has 1 amide bonds. The maximum Gasteiger partial charge on any atom is 0.251 e. The van der Waals surface area contributed by atoms with E-state index in [1.165, 1.54) is 24.9 Å². The first kappa shape index (κ1) is 20.8. The molecule has 0 saturated carbocycles. The molecule has 2 aromatic carbocycles. The molecule has 31 heavy (non-hydrogen) atoms. The Morgan fingerprint density at radius 3 is 2.29 bits per heavy atom. The fourth-order valence-electron chi connectivity index (χ4n) is 3.90. The number of aromatic nitrogens is 2. The van der Waals surface area contributed by atoms with E-state index < -0.39 is 0 Å². The maximum absolute atomic E-state index is 12.6. The summed E-state index contributed by atoms with van der Waals surface area (Å²) in [7, 11) is 3.88. The van der Waals surface area contributed by atoms with Crippen LogP contribution in [0.4, 0.5) is 11.5 Å². The number of hydrogen-bond donors (Lipinski definition) is 1. The minimum Gasteiger partial charge on any atom is -0.372 e. The molecule has 160 valence electrons. The lowest BCUT2D eigenvalue weighted by Crippen LogP contribution is -2.29. The van der Waals surface area contributed by atoms with Gasteiger partial charge in [0.25, 0.3) is 5.91 Å². The van der Waals surface area contributed by atoms with Gasteiger partial charge in [-0.25, -0.2) is 4.98 Å². The van der Waals surface area contributed by atoms with E-state index in [1.807, 2.05) is 43.3 Å². The molecule has 0 unspecified atom stereocenters. The van der Waals surface area contributed by atoms with Gasteiger partial charge in [0.15, 0.2) is 5.82 Å². The third kappa shape index (κ3) is 5.02. The van der Waals surface area contributed by atoms with Gasteiger partial charge < -0.3 is 15.1 Å². The molecule has 0 aliphatic carbocycles. The van der Waals surface area contributed by atoms with E-state index in [4.69, 9.17) is 0 Å². The Morgan fingerprint density at radius 1 is 0.935 bits per heavy atom. The van der Waals surface area contributed by atoms with Crippen LogP contribution in [0, 0.1) is 0 Å². The average Bonchev–Trinajstić information content (AvgIpc) is 2.83. The standard InChI is InChI=1S/C25H29N5O/c1-29(2)24-23(26-14-15-27-24)20-8-10-21(11-9-20)25(31)28-18-19-6-12-22(13-7-19)30-16-4-3-5-17-30/h6-15H,3-5,16-18H2,1-2H3,(H,28,31). The van der Waals surface area contributed by atoms with Crippen LogP contribution in [0.5, 0.6) is 0 Å². The van der Waals surface area contributed by atoms with Gasteiger partial charge in [0.2, 0.25) is 0 Å². The van der Waals surface area contributed by atoms with Crippen molar-refractivity contribution in [3.05, 3.63) is 72.1 Å². The maximum atomic E-state index is 12.6. The monoisotopic (exact) mass is 415 g/mol. The van der Waals surface area contributed by atoms with E-state index in [-0.39, 0.29) is 5.91 Å². The number of carbonyl (C=O) groups is 1. The van der Waals surface area contributed by atoms with Crippen molar-refractivity contribution in [1.82, 2.24) is 15.3 Å². The van der Waals surface area contributed by atoms with Gasteiger partial charge in [-0.2, -0.15) is 0 Å². The minimum absolute atomic E-state index is 0.0846. The molecule has 1 fully saturated rings. The Bertz CT molecular complexity index is 1010. The molecule has 1 aliphatic heterocycles. The van der Waals surface area contributed by atoms with Crippen LogP contribution in [0.25, 0.3) is 11.3 Å². The van der Waals surface area contributed by atoms with Gasteiger partial charge in [0, 0.05) is 62.9 Å². The molecule has 0 atom stereocenters. The van der Waals surface area contributed by atoms with Gasteiger partial charge in [-0.1, -0.05) is 24.3 Å². The van der Waals surface area contributed by atoms with Crippen LogP contribution in [0.3, 0.4) is 0 Å². The molecule has 1 aromatic heterocycles. The molecule has 3 aromatic rings. The molecule has 1 aliphatic rings. The highest BCUT2D eigenvalue weighted by molar-refractivity contribution is 5.94. The fourth-order valence-corrected chi connectivity index (χ4v) is 3.90. The zero-order valence-corrected chi connectivity index (χ0v) is 18.2. The number of amides is 1. The lowest BCUT2D eigenvalue weighted by molar-refractivity contribution is 0.0951. The second-order valence-corrected chi connectivity index (χ2v) is 8.10. The van der Waals surface area contributed by atoms with Crippen LogP contribution in [0.1, 0.15) is 35.2 Å². The number of benzene rings is 2. The summed E-state index contributed by atoms with van der Waals surface area (Å²) in [6.45, 7) is 2.78. The van der Waals surface area contributed by atoms with E-state index in [0.29, 0.717) is 12.1 Å². The van der Waals surface area contributed by atoms with Crippen LogP contribution in [0.15, 0.2) is 60.9 Å². The molecule has 6 heteroatoms. The molecular weight excluding hydrogens is 386 g/mol. The number of anilines is 2. The predicted molar refractivity (Wildman–Crippen MR) is 125 cm³/mol. The van der Waals surface area contributed by atoms with Gasteiger partial charge in [0.1, 0.15) is 5.69 Å². The molecule has 0 radical (unpaired) electrons. The highest BCUT2D eigenvalue weighted by atomic mass is 16.1. The number of rotatable bonds is 6. The molecule has 0 spiro atoms. The number of hydrogen-bond acceptors (Lipinski definition) is 5. The Morgan fingerprint density at radius 2 is 1.61 bits per heavy atom. The van der Waals surface area contributed by atoms with Crippen molar-refractivity contribution in [3.8, 4) is 11.3 Å². The van der Waals surface area contributed by atoms with Crippen molar-refractivity contribution in [2.45, 2.75) is 25.8 Å². The Hall–Kier alpha value is -3.41. The zero-order valence-electron chi connectivity index (χ0n) is 18.2. The second kappa shape index (κ2) is 9.60. The van der Waals surface area contributed by atoms with Crippen LogP contribution in [-0.4, -0.2) is 43.1 Å². The van der Waals surface area contributed by atoms with Crippen molar-refractivity contribution in [3.63, 3.8) is 0 Å². The fraction of sp³-hybridized carbons (Fsp3) is 0.320. The smallest absolute Gasteiger partial charge is 0.251 e. The zero-order chi connectivity index (χ0) is 21.6. The summed E-state index contributed by atoms with van der Waals surface area (Å²) in [4.78, 5) is 25.8. The van der Waals surface area contributed by atoms with Crippen LogP contribution in [-0.2, 0) is 6.54 Å². The highest BCUT2D eigenvalue weighted by Crippen LogP contribution is 2.25. The lowest BCUT2D eigenvalue weighted by Gasteiger charge is -2.28. The third-order valence-electron chi connectivity index (χ3n) is 5.63. The summed E-state index contributed by atoms with van der Waals surface area (Å²) >= 11 is 0. The van der Waals surface area contributed by atoms with E-state index in [9.17, 15) is 4.79 Å². The van der Waals surface area contributed by atoms with Crippen molar-refractivity contribution in [2.75, 3.05) is 37.0 Å². The van der Waals surface area contributed by atoms with Crippen LogP contribution < -0.4 is 15.1 Å². The second-order valence-electron chi connectivity index (χ2n) is 8.10. The summed E-state index contributed by atoms with van der Waals surface area (Å²) in [6, 6.07) is 16.0. The highest BCUT2D eigenvalue weighted by Gasteiger charge is 2.12. The normalized spacial score (nSPS) is 13.7. The number of nitrogens with zero attached hydrogens (tertiary/aromatic N) is 4. The number of nitrogens with one attached hydrogen (secondary N) is 1. The van der Waals surface area contributed by atoms with E-state index >= 15 is 0 Å². The topological polar surface area (TPSA) is 61.4 Å². The third-order valence-corrected chi connectivity index (χ3v) is 5.63. The van der Waals surface area contributed by atoms with Crippen molar-refractivity contribution >= 4 is 17.4 Å². The number of carbonyl (C=O) groups excluding carboxylic acids is 1. The van der Waals surface area contributed by atoms with Gasteiger partial charge in [-0.05, 0) is 49.1 Å². The van der Waals surface area contributed by atoms with Crippen molar-refractivity contribution < 1.29 is 4.79 Å². The molecular formula is C25H29N5O. The Balaban J connectivity index is 1.37. The molecule has 4 rings (SSSR count). The van der Waals surface area contributed by atoms with Gasteiger partial charge in [-0.15, -0.1) is 0 Å². The molecule has 0 bridgehead atoms. The Kier molecular flexibility index (Phi) is 6.46. The summed E-state index contributed by atoms with van der Waals surface area (Å²) in [6.07, 6.45) is 7.23. The summed E-state index contributed by atoms with van der Waals surface area (Å²) in [5, 5.41) is 3.01. The summed E-state index contributed by atoms with van der Waals surface area (Å²) in [5.74, 6) is 0.714. The molecule has 6 nitrogen and oxygen atoms in total. The number of piperidine rings is 1. The van der Waals surface area contributed by atoms with Crippen molar-refractivity contribution in [1.29, 1.82) is 0 Å². The first-order valence-electron chi connectivity index (χ1n) is 10.8. The SMILES string of the molecule is CN(C)c1nccnc1-c1ccc(C(=O)NCc2ccc(N3CCCCC3)cc2)cc1. The van der Waals surface area contributed by atoms with Gasteiger partial charge in [-0.3, -0.25) is 9.78 Å². The Labute approximate surface area is 183 Å². The predicted octanol–water partition coefficient (Wildman–Crippen LogP) is 4.13. The van der Waals surface area contributed by atoms with Gasteiger partial charge >= 0.3 is 0 Å². The van der Waals surface area contributed by atoms with E-state index in [2.05, 4.69) is 44.5 Å². The quantitative estimate of drug-likeness (QED) is 0.656. The summed E-state index contributed by atoms with van der Waals surface area (Å²) < 4.78 is 0. The van der Waals surface area contributed by atoms with Gasteiger partial charge in [0.05, 0.1) is 0 Å². The molecule has 2 heterocycles. The minimum atomic E-state index is -0.0846. The lowest BCUT2D eigenvalue weighted by atomic mass is 10.1. The van der Waals surface area contributed by atoms with Crippen molar-refractivity contribution in [2.24, 2.45) is 0 Å². The first-order valence-corrected chi connectivity index (χ1v) is 10.8. The first-order chi connectivity index (χ1) is 15.1. The average molecular weight is 416 g/mol. The summed E-state index contributed by atoms with van der Waals surface area (Å²) in [5.41, 5.74) is 4.73. The van der Waals surface area contributed by atoms with Crippen LogP contribution in [0.2, 0.25) is 0 Å².